The molecular formula is C12H15ClFNO4S. The van der Waals surface area contributed by atoms with E-state index in [1.165, 1.54) is 0 Å². The topological polar surface area (TPSA) is 83.5 Å². The number of carboxylic acid groups (broad SMARTS) is 1. The number of sulfonamides is 1. The van der Waals surface area contributed by atoms with Gasteiger partial charge in [0, 0.05) is 11.6 Å². The molecule has 0 aromatic heterocycles. The molecule has 1 aromatic carbocycles. The molecule has 0 aliphatic carbocycles. The smallest absolute Gasteiger partial charge is 0.338 e. The zero-order valence-electron chi connectivity index (χ0n) is 10.8. The van der Waals surface area contributed by atoms with Crippen LogP contribution >= 0.6 is 11.6 Å². The van der Waals surface area contributed by atoms with Gasteiger partial charge in [-0.2, -0.15) is 0 Å². The van der Waals surface area contributed by atoms with Crippen molar-refractivity contribution < 1.29 is 22.7 Å². The van der Waals surface area contributed by atoms with E-state index in [2.05, 4.69) is 4.72 Å². The van der Waals surface area contributed by atoms with Crippen LogP contribution in [0.1, 0.15) is 36.5 Å². The molecule has 0 atom stereocenters. The average molecular weight is 324 g/mol. The van der Waals surface area contributed by atoms with Gasteiger partial charge >= 0.3 is 5.97 Å². The first kappa shape index (κ1) is 16.9. The molecule has 0 unspecified atom stereocenters. The largest absolute Gasteiger partial charge is 0.478 e. The Balaban J connectivity index is 3.09. The average Bonchev–Trinajstić information content (AvgIpc) is 2.36. The standard InChI is InChI=1S/C12H15ClFNO4S/c1-2-3-4-5-15-20(18,19)10-7-8(13)6-9(11(10)14)12(16)17/h6-7,15H,2-5H2,1H3,(H,16,17). The summed E-state index contributed by atoms with van der Waals surface area (Å²) >= 11 is 5.63. The molecule has 112 valence electrons. The van der Waals surface area contributed by atoms with E-state index in [0.717, 1.165) is 25.0 Å². The van der Waals surface area contributed by atoms with Crippen LogP contribution in [0.15, 0.2) is 17.0 Å². The minimum Gasteiger partial charge on any atom is -0.478 e. The highest BCUT2D eigenvalue weighted by atomic mass is 35.5. The molecule has 0 bridgehead atoms. The maximum atomic E-state index is 13.9. The Morgan fingerprint density at radius 2 is 2.05 bits per heavy atom. The number of benzene rings is 1. The second kappa shape index (κ2) is 7.01. The zero-order valence-corrected chi connectivity index (χ0v) is 12.4. The Bertz CT molecular complexity index is 604. The van der Waals surface area contributed by atoms with E-state index in [1.807, 2.05) is 6.92 Å². The van der Waals surface area contributed by atoms with E-state index in [4.69, 9.17) is 16.7 Å². The number of nitrogens with one attached hydrogen (secondary N) is 1. The Kier molecular flexibility index (Phi) is 5.91. The third-order valence-electron chi connectivity index (χ3n) is 2.60. The van der Waals surface area contributed by atoms with E-state index in [9.17, 15) is 17.6 Å². The summed E-state index contributed by atoms with van der Waals surface area (Å²) < 4.78 is 40.0. The number of hydrogen-bond donors (Lipinski definition) is 2. The molecule has 0 saturated heterocycles. The molecule has 20 heavy (non-hydrogen) atoms. The first-order chi connectivity index (χ1) is 9.29. The highest BCUT2D eigenvalue weighted by molar-refractivity contribution is 7.89. The van der Waals surface area contributed by atoms with Gasteiger partial charge < -0.3 is 5.11 Å². The third-order valence-corrected chi connectivity index (χ3v) is 4.27. The van der Waals surface area contributed by atoms with Crippen LogP contribution < -0.4 is 4.72 Å². The van der Waals surface area contributed by atoms with Gasteiger partial charge in [-0.3, -0.25) is 0 Å². The normalized spacial score (nSPS) is 11.6. The minimum atomic E-state index is -4.12. The van der Waals surface area contributed by atoms with Crippen molar-refractivity contribution in [2.75, 3.05) is 6.54 Å². The van der Waals surface area contributed by atoms with E-state index in [-0.39, 0.29) is 11.6 Å². The van der Waals surface area contributed by atoms with Crippen LogP contribution in [0, 0.1) is 5.82 Å². The summed E-state index contributed by atoms with van der Waals surface area (Å²) in [6, 6.07) is 1.76. The quantitative estimate of drug-likeness (QED) is 0.756. The molecule has 1 rings (SSSR count). The molecule has 0 heterocycles. The summed E-state index contributed by atoms with van der Waals surface area (Å²) in [6.07, 6.45) is 2.36. The fourth-order valence-electron chi connectivity index (χ4n) is 1.57. The highest BCUT2D eigenvalue weighted by Crippen LogP contribution is 2.23. The number of carboxylic acids is 1. The van der Waals surface area contributed by atoms with E-state index in [0.29, 0.717) is 6.42 Å². The second-order valence-corrected chi connectivity index (χ2v) is 6.35. The number of aromatic carboxylic acids is 1. The zero-order chi connectivity index (χ0) is 15.3. The molecule has 0 aliphatic heterocycles. The second-order valence-electron chi connectivity index (χ2n) is 4.18. The fourth-order valence-corrected chi connectivity index (χ4v) is 3.05. The molecule has 0 spiro atoms. The lowest BCUT2D eigenvalue weighted by Crippen LogP contribution is -2.26. The number of rotatable bonds is 7. The van der Waals surface area contributed by atoms with Gasteiger partial charge in [-0.15, -0.1) is 0 Å². The molecule has 5 nitrogen and oxygen atoms in total. The minimum absolute atomic E-state index is 0.155. The SMILES string of the molecule is CCCCCNS(=O)(=O)c1cc(Cl)cc(C(=O)O)c1F. The summed E-state index contributed by atoms with van der Waals surface area (Å²) in [6.45, 7) is 2.12. The van der Waals surface area contributed by atoms with Crippen LogP contribution in [0.25, 0.3) is 0 Å². The predicted molar refractivity (Wildman–Crippen MR) is 73.1 cm³/mol. The first-order valence-corrected chi connectivity index (χ1v) is 7.87. The lowest BCUT2D eigenvalue weighted by molar-refractivity contribution is 0.0691. The Morgan fingerprint density at radius 3 is 2.60 bits per heavy atom. The molecule has 0 fully saturated rings. The molecule has 0 saturated carbocycles. The van der Waals surface area contributed by atoms with Crippen LogP contribution in [0.2, 0.25) is 5.02 Å². The lowest BCUT2D eigenvalue weighted by atomic mass is 10.2. The summed E-state index contributed by atoms with van der Waals surface area (Å²) in [4.78, 5) is 10.1. The Morgan fingerprint density at radius 1 is 1.40 bits per heavy atom. The maximum absolute atomic E-state index is 13.9. The van der Waals surface area contributed by atoms with Crippen LogP contribution in [0.4, 0.5) is 4.39 Å². The molecule has 0 radical (unpaired) electrons. The summed E-state index contributed by atoms with van der Waals surface area (Å²) in [5.74, 6) is -2.89. The van der Waals surface area contributed by atoms with E-state index >= 15 is 0 Å². The lowest BCUT2D eigenvalue weighted by Gasteiger charge is -2.09. The van der Waals surface area contributed by atoms with Crippen LogP contribution in [-0.4, -0.2) is 26.0 Å². The molecule has 2 N–H and O–H groups in total. The van der Waals surface area contributed by atoms with Crippen LogP contribution in [0.5, 0.6) is 0 Å². The summed E-state index contributed by atoms with van der Waals surface area (Å²) in [5, 5.41) is 8.66. The highest BCUT2D eigenvalue weighted by Gasteiger charge is 2.24. The monoisotopic (exact) mass is 323 g/mol. The Hall–Kier alpha value is -1.18. The summed E-state index contributed by atoms with van der Waals surface area (Å²) in [7, 11) is -4.12. The van der Waals surface area contributed by atoms with Crippen molar-refractivity contribution in [3.8, 4) is 0 Å². The predicted octanol–water partition coefficient (Wildman–Crippen LogP) is 2.65. The van der Waals surface area contributed by atoms with Crippen molar-refractivity contribution in [3.05, 3.63) is 28.5 Å². The fraction of sp³-hybridized carbons (Fsp3) is 0.417. The van der Waals surface area contributed by atoms with Gasteiger partial charge in [0.05, 0.1) is 5.56 Å². The molecule has 0 aliphatic rings. The van der Waals surface area contributed by atoms with Gasteiger partial charge in [-0.25, -0.2) is 22.3 Å². The van der Waals surface area contributed by atoms with Crippen LogP contribution in [0.3, 0.4) is 0 Å². The first-order valence-electron chi connectivity index (χ1n) is 6.01. The molecule has 8 heteroatoms. The van der Waals surface area contributed by atoms with Crippen molar-refractivity contribution in [2.24, 2.45) is 0 Å². The third kappa shape index (κ3) is 4.16. The molecule has 0 amide bonds. The van der Waals surface area contributed by atoms with Gasteiger partial charge in [0.1, 0.15) is 4.90 Å². The van der Waals surface area contributed by atoms with Gasteiger partial charge in [0.25, 0.3) is 0 Å². The number of carbonyl (C=O) groups is 1. The number of halogens is 2. The number of unbranched alkanes of at least 4 members (excludes halogenated alkanes) is 2. The van der Waals surface area contributed by atoms with Gasteiger partial charge in [-0.1, -0.05) is 31.4 Å². The van der Waals surface area contributed by atoms with Gasteiger partial charge in [0.15, 0.2) is 5.82 Å². The van der Waals surface area contributed by atoms with Crippen molar-refractivity contribution in [1.82, 2.24) is 4.72 Å². The molecule has 1 aromatic rings. The van der Waals surface area contributed by atoms with Crippen LogP contribution in [-0.2, 0) is 10.0 Å². The van der Waals surface area contributed by atoms with Crippen molar-refractivity contribution in [1.29, 1.82) is 0 Å². The summed E-state index contributed by atoms with van der Waals surface area (Å²) in [5.41, 5.74) is -0.772. The van der Waals surface area contributed by atoms with Gasteiger partial charge in [0.2, 0.25) is 10.0 Å². The van der Waals surface area contributed by atoms with Crippen molar-refractivity contribution in [3.63, 3.8) is 0 Å². The maximum Gasteiger partial charge on any atom is 0.338 e. The van der Waals surface area contributed by atoms with E-state index in [1.54, 1.807) is 0 Å². The number of hydrogen-bond acceptors (Lipinski definition) is 3. The molecular weight excluding hydrogens is 309 g/mol. The van der Waals surface area contributed by atoms with Crippen molar-refractivity contribution in [2.45, 2.75) is 31.1 Å². The van der Waals surface area contributed by atoms with Crippen molar-refractivity contribution >= 4 is 27.6 Å². The van der Waals surface area contributed by atoms with E-state index < -0.39 is 32.3 Å². The van der Waals surface area contributed by atoms with Gasteiger partial charge in [-0.05, 0) is 18.6 Å². The Labute approximate surface area is 121 Å².